The van der Waals surface area contributed by atoms with E-state index in [1.54, 1.807) is 35.2 Å². The Kier molecular flexibility index (Phi) is 6.38. The molecule has 0 aromatic heterocycles. The first kappa shape index (κ1) is 22.1. The first-order chi connectivity index (χ1) is 14.1. The Bertz CT molecular complexity index is 1100. The van der Waals surface area contributed by atoms with Crippen LogP contribution in [0.2, 0.25) is 5.02 Å². The Hall–Kier alpha value is -2.58. The largest absolute Gasteiger partial charge is 0.495 e. The van der Waals surface area contributed by atoms with E-state index in [0.717, 1.165) is 11.3 Å². The molecule has 0 fully saturated rings. The van der Waals surface area contributed by atoms with Crippen LogP contribution in [-0.4, -0.2) is 39.1 Å². The zero-order valence-electron chi connectivity index (χ0n) is 16.9. The van der Waals surface area contributed by atoms with Gasteiger partial charge in [0, 0.05) is 31.3 Å². The molecule has 2 aromatic carbocycles. The van der Waals surface area contributed by atoms with E-state index in [1.807, 2.05) is 0 Å². The molecule has 0 aliphatic carbocycles. The van der Waals surface area contributed by atoms with Crippen LogP contribution in [0.15, 0.2) is 41.3 Å². The highest BCUT2D eigenvalue weighted by atomic mass is 35.5. The second-order valence-electron chi connectivity index (χ2n) is 7.17. The second kappa shape index (κ2) is 8.65. The minimum absolute atomic E-state index is 0.0759. The molecule has 3 rings (SSSR count). The number of nitrogens with one attached hydrogen (secondary N) is 1. The van der Waals surface area contributed by atoms with Gasteiger partial charge in [0.05, 0.1) is 22.3 Å². The lowest BCUT2D eigenvalue weighted by atomic mass is 10.2. The number of sulfone groups is 1. The molecule has 1 aliphatic heterocycles. The smallest absolute Gasteiger partial charge is 0.225 e. The quantitative estimate of drug-likeness (QED) is 0.727. The number of carbonyl (C=O) groups is 2. The number of halogens is 1. The molecule has 2 amide bonds. The van der Waals surface area contributed by atoms with Crippen molar-refractivity contribution in [3.8, 4) is 5.75 Å². The van der Waals surface area contributed by atoms with Crippen LogP contribution in [0.1, 0.15) is 25.8 Å². The van der Waals surface area contributed by atoms with Gasteiger partial charge in [0.2, 0.25) is 11.8 Å². The molecular weight excluding hydrogens is 428 g/mol. The van der Waals surface area contributed by atoms with Gasteiger partial charge in [-0.1, -0.05) is 11.6 Å². The number of ether oxygens (including phenoxy) is 1. The zero-order chi connectivity index (χ0) is 22.1. The molecular formula is C21H23ClN2O5S. The van der Waals surface area contributed by atoms with E-state index in [-0.39, 0.29) is 17.2 Å². The van der Waals surface area contributed by atoms with Gasteiger partial charge in [-0.25, -0.2) is 8.42 Å². The number of benzene rings is 2. The van der Waals surface area contributed by atoms with E-state index in [1.165, 1.54) is 27.0 Å². The van der Waals surface area contributed by atoms with Crippen molar-refractivity contribution < 1.29 is 22.7 Å². The Morgan fingerprint density at radius 3 is 2.60 bits per heavy atom. The number of hydrogen-bond donors (Lipinski definition) is 1. The lowest BCUT2D eigenvalue weighted by molar-refractivity contribution is -0.117. The minimum Gasteiger partial charge on any atom is -0.495 e. The standard InChI is InChI=1S/C21H23ClN2O5S/c1-13(10-21(26)23-16-4-7-20(29-3)18(22)12-16)30(27,28)17-5-6-19-15(11-17)8-9-24(19)14(2)25/h4-7,11-13H,8-10H2,1-3H3,(H,23,26)/t13-/m0/s1. The normalized spacial score (nSPS) is 14.2. The van der Waals surface area contributed by atoms with Gasteiger partial charge in [0.25, 0.3) is 0 Å². The highest BCUT2D eigenvalue weighted by molar-refractivity contribution is 7.92. The van der Waals surface area contributed by atoms with Crippen LogP contribution >= 0.6 is 11.6 Å². The van der Waals surface area contributed by atoms with E-state index >= 15 is 0 Å². The summed E-state index contributed by atoms with van der Waals surface area (Å²) in [5.41, 5.74) is 2.01. The van der Waals surface area contributed by atoms with Gasteiger partial charge < -0.3 is 15.0 Å². The van der Waals surface area contributed by atoms with Crippen LogP contribution < -0.4 is 15.0 Å². The Morgan fingerprint density at radius 2 is 1.97 bits per heavy atom. The van der Waals surface area contributed by atoms with Crippen molar-refractivity contribution in [2.75, 3.05) is 23.9 Å². The van der Waals surface area contributed by atoms with Gasteiger partial charge in [0.15, 0.2) is 9.84 Å². The third-order valence-electron chi connectivity index (χ3n) is 5.09. The van der Waals surface area contributed by atoms with Gasteiger partial charge in [-0.15, -0.1) is 0 Å². The summed E-state index contributed by atoms with van der Waals surface area (Å²) in [6.07, 6.45) is 0.397. The Balaban J connectivity index is 1.71. The van der Waals surface area contributed by atoms with E-state index in [4.69, 9.17) is 16.3 Å². The number of fused-ring (bicyclic) bond motifs is 1. The predicted octanol–water partition coefficient (Wildman–Crippen LogP) is 3.45. The third-order valence-corrected chi connectivity index (χ3v) is 7.53. The number of anilines is 2. The molecule has 160 valence electrons. The van der Waals surface area contributed by atoms with Crippen molar-refractivity contribution in [1.29, 1.82) is 0 Å². The summed E-state index contributed by atoms with van der Waals surface area (Å²) < 4.78 is 31.0. The van der Waals surface area contributed by atoms with Crippen molar-refractivity contribution in [2.45, 2.75) is 36.8 Å². The SMILES string of the molecule is COc1ccc(NC(=O)C[C@H](C)S(=O)(=O)c2ccc3c(c2)CCN3C(C)=O)cc1Cl. The van der Waals surface area contributed by atoms with Crippen molar-refractivity contribution in [1.82, 2.24) is 0 Å². The summed E-state index contributed by atoms with van der Waals surface area (Å²) in [6, 6.07) is 9.54. The topological polar surface area (TPSA) is 92.8 Å². The van der Waals surface area contributed by atoms with Crippen LogP contribution in [0, 0.1) is 0 Å². The molecule has 1 atom stereocenters. The second-order valence-corrected chi connectivity index (χ2v) is 9.94. The highest BCUT2D eigenvalue weighted by Crippen LogP contribution is 2.32. The number of nitrogens with zero attached hydrogens (tertiary/aromatic N) is 1. The van der Waals surface area contributed by atoms with Gasteiger partial charge in [-0.2, -0.15) is 0 Å². The van der Waals surface area contributed by atoms with Crippen LogP contribution in [0.4, 0.5) is 11.4 Å². The molecule has 1 heterocycles. The van der Waals surface area contributed by atoms with E-state index in [9.17, 15) is 18.0 Å². The molecule has 0 spiro atoms. The van der Waals surface area contributed by atoms with Crippen LogP contribution in [0.25, 0.3) is 0 Å². The average Bonchev–Trinajstić information content (AvgIpc) is 3.11. The van der Waals surface area contributed by atoms with Crippen LogP contribution in [0.3, 0.4) is 0 Å². The molecule has 0 bridgehead atoms. The van der Waals surface area contributed by atoms with E-state index < -0.39 is 21.0 Å². The van der Waals surface area contributed by atoms with Crippen molar-refractivity contribution in [3.63, 3.8) is 0 Å². The van der Waals surface area contributed by atoms with E-state index in [0.29, 0.717) is 29.4 Å². The third kappa shape index (κ3) is 4.44. The van der Waals surface area contributed by atoms with E-state index in [2.05, 4.69) is 5.32 Å². The van der Waals surface area contributed by atoms with Crippen molar-refractivity contribution in [3.05, 3.63) is 47.0 Å². The first-order valence-electron chi connectivity index (χ1n) is 9.41. The van der Waals surface area contributed by atoms with Crippen molar-refractivity contribution >= 4 is 44.6 Å². The minimum atomic E-state index is -3.71. The molecule has 0 radical (unpaired) electrons. The maximum Gasteiger partial charge on any atom is 0.225 e. The van der Waals surface area contributed by atoms with Gasteiger partial charge >= 0.3 is 0 Å². The Morgan fingerprint density at radius 1 is 1.23 bits per heavy atom. The molecule has 0 saturated carbocycles. The van der Waals surface area contributed by atoms with Gasteiger partial charge in [0.1, 0.15) is 5.75 Å². The predicted molar refractivity (Wildman–Crippen MR) is 116 cm³/mol. The van der Waals surface area contributed by atoms with Crippen LogP contribution in [0.5, 0.6) is 5.75 Å². The number of amides is 2. The fourth-order valence-corrected chi connectivity index (χ4v) is 5.10. The fourth-order valence-electron chi connectivity index (χ4n) is 3.44. The summed E-state index contributed by atoms with van der Waals surface area (Å²) in [7, 11) is -2.23. The monoisotopic (exact) mass is 450 g/mol. The number of carbonyl (C=O) groups excluding carboxylic acids is 2. The number of rotatable bonds is 6. The average molecular weight is 451 g/mol. The maximum absolute atomic E-state index is 13.0. The molecule has 9 heteroatoms. The summed E-state index contributed by atoms with van der Waals surface area (Å²) in [6.45, 7) is 3.53. The maximum atomic E-state index is 13.0. The lowest BCUT2D eigenvalue weighted by Gasteiger charge is -2.16. The zero-order valence-corrected chi connectivity index (χ0v) is 18.5. The molecule has 1 N–H and O–H groups in total. The molecule has 7 nitrogen and oxygen atoms in total. The number of hydrogen-bond acceptors (Lipinski definition) is 5. The summed E-state index contributed by atoms with van der Waals surface area (Å²) in [5.74, 6) is -0.0326. The molecule has 2 aromatic rings. The molecule has 30 heavy (non-hydrogen) atoms. The highest BCUT2D eigenvalue weighted by Gasteiger charge is 2.29. The fraction of sp³-hybridized carbons (Fsp3) is 0.333. The van der Waals surface area contributed by atoms with Gasteiger partial charge in [-0.3, -0.25) is 9.59 Å². The summed E-state index contributed by atoms with van der Waals surface area (Å²) in [5, 5.41) is 2.08. The number of methoxy groups -OCH3 is 1. The Labute approximate surface area is 180 Å². The van der Waals surface area contributed by atoms with Crippen LogP contribution in [-0.2, 0) is 25.8 Å². The van der Waals surface area contributed by atoms with Gasteiger partial charge in [-0.05, 0) is 55.3 Å². The summed E-state index contributed by atoms with van der Waals surface area (Å²) in [4.78, 5) is 25.8. The van der Waals surface area contributed by atoms with Crippen molar-refractivity contribution in [2.24, 2.45) is 0 Å². The molecule has 0 saturated heterocycles. The lowest BCUT2D eigenvalue weighted by Crippen LogP contribution is -2.26. The summed E-state index contributed by atoms with van der Waals surface area (Å²) >= 11 is 6.05. The molecule has 1 aliphatic rings. The molecule has 0 unspecified atom stereocenters. The first-order valence-corrected chi connectivity index (χ1v) is 11.3.